The highest BCUT2D eigenvalue weighted by Crippen LogP contribution is 2.36. The molecule has 0 aliphatic carbocycles. The molecule has 0 atom stereocenters. The fourth-order valence-corrected chi connectivity index (χ4v) is 5.17. The van der Waals surface area contributed by atoms with Gasteiger partial charge in [-0.05, 0) is 6.07 Å². The first kappa shape index (κ1) is 13.3. The third-order valence-electron chi connectivity index (χ3n) is 2.52. The van der Waals surface area contributed by atoms with E-state index in [4.69, 9.17) is 23.2 Å². The quantitative estimate of drug-likeness (QED) is 0.842. The molecule has 0 radical (unpaired) electrons. The second kappa shape index (κ2) is 4.85. The van der Waals surface area contributed by atoms with Crippen LogP contribution in [0, 0.1) is 0 Å². The Morgan fingerprint density at radius 2 is 1.82 bits per heavy atom. The van der Waals surface area contributed by atoms with E-state index in [0.29, 0.717) is 4.34 Å². The predicted molar refractivity (Wildman–Crippen MR) is 67.3 cm³/mol. The number of hydrogen-bond donors (Lipinski definition) is 0. The molecule has 0 saturated carbocycles. The van der Waals surface area contributed by atoms with Crippen LogP contribution in [0.1, 0.15) is 12.8 Å². The highest BCUT2D eigenvalue weighted by atomic mass is 35.5. The predicted octanol–water partition coefficient (Wildman–Crippen LogP) is 2.41. The lowest BCUT2D eigenvalue weighted by atomic mass is 10.1. The molecule has 0 bridgehead atoms. The Morgan fingerprint density at radius 3 is 2.29 bits per heavy atom. The minimum Gasteiger partial charge on any atom is -0.300 e. The van der Waals surface area contributed by atoms with Crippen molar-refractivity contribution >= 4 is 50.3 Å². The van der Waals surface area contributed by atoms with E-state index in [1.165, 1.54) is 10.4 Å². The molecule has 1 fully saturated rings. The third kappa shape index (κ3) is 2.66. The number of Topliss-reactive ketones (excluding diaryl/α,β-unsaturated/α-hetero) is 1. The molecule has 2 heterocycles. The van der Waals surface area contributed by atoms with Gasteiger partial charge in [-0.25, -0.2) is 8.42 Å². The van der Waals surface area contributed by atoms with E-state index < -0.39 is 10.0 Å². The van der Waals surface area contributed by atoms with E-state index >= 15 is 0 Å². The second-order valence-corrected chi connectivity index (χ2v) is 7.82. The number of rotatable bonds is 2. The lowest BCUT2D eigenvalue weighted by Crippen LogP contribution is -2.38. The van der Waals surface area contributed by atoms with Gasteiger partial charge in [0.25, 0.3) is 0 Å². The summed E-state index contributed by atoms with van der Waals surface area (Å²) in [6.07, 6.45) is 0.517. The number of nitrogens with zero attached hydrogens (tertiary/aromatic N) is 1. The van der Waals surface area contributed by atoms with Crippen LogP contribution in [-0.4, -0.2) is 31.6 Å². The Balaban J connectivity index is 2.30. The number of thiophene rings is 1. The van der Waals surface area contributed by atoms with Gasteiger partial charge in [0.05, 0.1) is 4.34 Å². The van der Waals surface area contributed by atoms with E-state index in [9.17, 15) is 13.2 Å². The lowest BCUT2D eigenvalue weighted by molar-refractivity contribution is -0.120. The molecule has 0 unspecified atom stereocenters. The first-order valence-corrected chi connectivity index (χ1v) is 7.89. The summed E-state index contributed by atoms with van der Waals surface area (Å²) in [4.78, 5) is 11.1. The minimum absolute atomic E-state index is 0.0310. The van der Waals surface area contributed by atoms with Crippen LogP contribution in [0.5, 0.6) is 0 Å². The topological polar surface area (TPSA) is 54.5 Å². The maximum absolute atomic E-state index is 12.2. The second-order valence-electron chi connectivity index (χ2n) is 3.63. The molecule has 1 aliphatic rings. The van der Waals surface area contributed by atoms with Crippen molar-refractivity contribution in [1.29, 1.82) is 0 Å². The largest absolute Gasteiger partial charge is 0.300 e. The highest BCUT2D eigenvalue weighted by Gasteiger charge is 2.31. The highest BCUT2D eigenvalue weighted by molar-refractivity contribution is 7.89. The van der Waals surface area contributed by atoms with Gasteiger partial charge in [-0.2, -0.15) is 4.31 Å². The van der Waals surface area contributed by atoms with Crippen molar-refractivity contribution in [2.45, 2.75) is 17.7 Å². The summed E-state index contributed by atoms with van der Waals surface area (Å²) in [5, 5.41) is 0. The molecule has 1 aromatic rings. The van der Waals surface area contributed by atoms with Crippen molar-refractivity contribution in [3.05, 3.63) is 14.7 Å². The fraction of sp³-hybridized carbons (Fsp3) is 0.444. The first-order chi connectivity index (χ1) is 7.91. The van der Waals surface area contributed by atoms with Crippen molar-refractivity contribution in [2.75, 3.05) is 13.1 Å². The SMILES string of the molecule is O=C1CCN(S(=O)(=O)c2cc(Cl)sc2Cl)CC1. The van der Waals surface area contributed by atoms with Gasteiger partial charge in [0.2, 0.25) is 10.0 Å². The number of ketones is 1. The summed E-state index contributed by atoms with van der Waals surface area (Å²) in [6, 6.07) is 1.35. The Kier molecular flexibility index (Phi) is 3.80. The molecule has 1 aromatic heterocycles. The molecule has 4 nitrogen and oxygen atoms in total. The van der Waals surface area contributed by atoms with Gasteiger partial charge < -0.3 is 0 Å². The fourth-order valence-electron chi connectivity index (χ4n) is 1.62. The molecule has 0 spiro atoms. The molecule has 17 heavy (non-hydrogen) atoms. The van der Waals surface area contributed by atoms with Gasteiger partial charge in [0.15, 0.2) is 0 Å². The van der Waals surface area contributed by atoms with Crippen LogP contribution < -0.4 is 0 Å². The van der Waals surface area contributed by atoms with Crippen molar-refractivity contribution in [3.8, 4) is 0 Å². The molecule has 0 N–H and O–H groups in total. The Labute approximate surface area is 113 Å². The zero-order valence-electron chi connectivity index (χ0n) is 8.65. The van der Waals surface area contributed by atoms with Gasteiger partial charge in [-0.1, -0.05) is 23.2 Å². The van der Waals surface area contributed by atoms with Crippen LogP contribution in [0.2, 0.25) is 8.67 Å². The van der Waals surface area contributed by atoms with Crippen LogP contribution in [0.4, 0.5) is 0 Å². The van der Waals surface area contributed by atoms with Gasteiger partial charge in [0, 0.05) is 25.9 Å². The molecular weight excluding hydrogens is 305 g/mol. The van der Waals surface area contributed by atoms with Crippen LogP contribution in [0.25, 0.3) is 0 Å². The smallest absolute Gasteiger partial charge is 0.245 e. The number of carbonyl (C=O) groups excluding carboxylic acids is 1. The van der Waals surface area contributed by atoms with Gasteiger partial charge in [-0.3, -0.25) is 4.79 Å². The zero-order chi connectivity index (χ0) is 12.6. The summed E-state index contributed by atoms with van der Waals surface area (Å²) < 4.78 is 26.2. The van der Waals surface area contributed by atoms with Crippen molar-refractivity contribution in [3.63, 3.8) is 0 Å². The molecular formula is C9H9Cl2NO3S2. The number of halogens is 2. The summed E-state index contributed by atoms with van der Waals surface area (Å²) in [5.74, 6) is 0.0888. The van der Waals surface area contributed by atoms with Crippen molar-refractivity contribution < 1.29 is 13.2 Å². The maximum atomic E-state index is 12.2. The van der Waals surface area contributed by atoms with E-state index in [-0.39, 0.29) is 40.9 Å². The number of piperidine rings is 1. The average molecular weight is 314 g/mol. The minimum atomic E-state index is -3.62. The normalized spacial score (nSPS) is 18.6. The first-order valence-electron chi connectivity index (χ1n) is 4.88. The van der Waals surface area contributed by atoms with Gasteiger partial charge >= 0.3 is 0 Å². The molecule has 2 rings (SSSR count). The zero-order valence-corrected chi connectivity index (χ0v) is 11.8. The summed E-state index contributed by atoms with van der Waals surface area (Å²) >= 11 is 12.6. The Bertz CT molecular complexity index is 543. The van der Waals surface area contributed by atoms with E-state index in [1.54, 1.807) is 0 Å². The van der Waals surface area contributed by atoms with Crippen molar-refractivity contribution in [2.24, 2.45) is 0 Å². The summed E-state index contributed by atoms with van der Waals surface area (Å²) in [7, 11) is -3.62. The third-order valence-corrected chi connectivity index (χ3v) is 6.17. The van der Waals surface area contributed by atoms with Crippen molar-refractivity contribution in [1.82, 2.24) is 4.31 Å². The van der Waals surface area contributed by atoms with Crippen LogP contribution in [0.3, 0.4) is 0 Å². The summed E-state index contributed by atoms with van der Waals surface area (Å²) in [5.41, 5.74) is 0. The van der Waals surface area contributed by atoms with Gasteiger partial charge in [0.1, 0.15) is 15.0 Å². The van der Waals surface area contributed by atoms with E-state index in [0.717, 1.165) is 11.3 Å². The average Bonchev–Trinajstić information content (AvgIpc) is 2.59. The molecule has 1 aliphatic heterocycles. The van der Waals surface area contributed by atoms with E-state index in [2.05, 4.69) is 0 Å². The number of sulfonamides is 1. The Hall–Kier alpha value is -0.140. The van der Waals surface area contributed by atoms with E-state index in [1.807, 2.05) is 0 Å². The molecule has 0 amide bonds. The van der Waals surface area contributed by atoms with Crippen LogP contribution >= 0.6 is 34.5 Å². The molecule has 1 saturated heterocycles. The van der Waals surface area contributed by atoms with Crippen LogP contribution in [0.15, 0.2) is 11.0 Å². The summed E-state index contributed by atoms with van der Waals surface area (Å²) in [6.45, 7) is 0.427. The molecule has 94 valence electrons. The monoisotopic (exact) mass is 313 g/mol. The standard InChI is InChI=1S/C9H9Cl2NO3S2/c10-8-5-7(9(11)16-8)17(14,15)12-3-1-6(13)2-4-12/h5H,1-4H2. The molecule has 8 heteroatoms. The maximum Gasteiger partial charge on any atom is 0.245 e. The Morgan fingerprint density at radius 1 is 1.24 bits per heavy atom. The lowest BCUT2D eigenvalue weighted by Gasteiger charge is -2.24. The molecule has 0 aromatic carbocycles. The van der Waals surface area contributed by atoms with Crippen LogP contribution in [-0.2, 0) is 14.8 Å². The number of carbonyl (C=O) groups is 1. The number of hydrogen-bond acceptors (Lipinski definition) is 4. The van der Waals surface area contributed by atoms with Gasteiger partial charge in [-0.15, -0.1) is 11.3 Å².